The maximum Gasteiger partial charge on any atom is 0.245 e. The lowest BCUT2D eigenvalue weighted by Gasteiger charge is -2.13. The van der Waals surface area contributed by atoms with Gasteiger partial charge in [-0.05, 0) is 43.4 Å². The van der Waals surface area contributed by atoms with Crippen LogP contribution >= 0.6 is 0 Å². The summed E-state index contributed by atoms with van der Waals surface area (Å²) < 4.78 is 1.96. The van der Waals surface area contributed by atoms with Gasteiger partial charge in [-0.15, -0.1) is 0 Å². The molecule has 2 heterocycles. The van der Waals surface area contributed by atoms with Gasteiger partial charge in [0.05, 0.1) is 12.0 Å². The van der Waals surface area contributed by atoms with E-state index >= 15 is 0 Å². The number of benzene rings is 1. The van der Waals surface area contributed by atoms with Crippen molar-refractivity contribution in [2.24, 2.45) is 0 Å². The van der Waals surface area contributed by atoms with Crippen molar-refractivity contribution in [3.8, 4) is 11.1 Å². The van der Waals surface area contributed by atoms with E-state index in [-0.39, 0.29) is 12.5 Å². The highest BCUT2D eigenvalue weighted by Gasteiger charge is 2.16. The Morgan fingerprint density at radius 2 is 1.84 bits per heavy atom. The van der Waals surface area contributed by atoms with Gasteiger partial charge >= 0.3 is 0 Å². The number of rotatable bonds is 4. The molecule has 1 aliphatic carbocycles. The molecular formula is C20H20N4O. The predicted molar refractivity (Wildman–Crippen MR) is 97.2 cm³/mol. The molecule has 0 atom stereocenters. The number of amides is 1. The smallest absolute Gasteiger partial charge is 0.245 e. The highest BCUT2D eigenvalue weighted by atomic mass is 16.2. The first-order valence-electron chi connectivity index (χ1n) is 8.64. The van der Waals surface area contributed by atoms with Gasteiger partial charge in [-0.2, -0.15) is 0 Å². The molecule has 0 unspecified atom stereocenters. The number of hydrogen-bond donors (Lipinski definition) is 1. The van der Waals surface area contributed by atoms with Crippen LogP contribution in [0.1, 0.15) is 24.2 Å². The van der Waals surface area contributed by atoms with Crippen molar-refractivity contribution in [1.29, 1.82) is 0 Å². The van der Waals surface area contributed by atoms with Crippen LogP contribution in [-0.4, -0.2) is 20.4 Å². The average Bonchev–Trinajstić information content (AvgIpc) is 3.06. The molecule has 0 aliphatic heterocycles. The number of hydrogen-bond acceptors (Lipinski definition) is 3. The van der Waals surface area contributed by atoms with Gasteiger partial charge in [0.2, 0.25) is 5.91 Å². The SMILES string of the molecule is O=C(Cn1cnc2c1CCCC2)Nc1ccc(-c2ccccc2)cn1. The summed E-state index contributed by atoms with van der Waals surface area (Å²) in [5, 5.41) is 2.87. The molecule has 0 saturated heterocycles. The molecule has 5 nitrogen and oxygen atoms in total. The van der Waals surface area contributed by atoms with Crippen LogP contribution in [0.25, 0.3) is 11.1 Å². The molecule has 1 aliphatic rings. The number of aromatic nitrogens is 3. The molecule has 1 amide bonds. The minimum absolute atomic E-state index is 0.0780. The number of nitrogens with zero attached hydrogens (tertiary/aromatic N) is 3. The Bertz CT molecular complexity index is 868. The maximum absolute atomic E-state index is 12.3. The second kappa shape index (κ2) is 6.89. The number of aryl methyl sites for hydroxylation is 1. The van der Waals surface area contributed by atoms with E-state index in [2.05, 4.69) is 15.3 Å². The number of anilines is 1. The van der Waals surface area contributed by atoms with E-state index in [0.717, 1.165) is 29.7 Å². The van der Waals surface area contributed by atoms with Gasteiger partial charge in [-0.3, -0.25) is 4.79 Å². The molecule has 2 aromatic heterocycles. The minimum atomic E-state index is -0.0780. The third kappa shape index (κ3) is 3.45. The summed E-state index contributed by atoms with van der Waals surface area (Å²) in [5.74, 6) is 0.490. The largest absolute Gasteiger partial charge is 0.325 e. The lowest BCUT2D eigenvalue weighted by molar-refractivity contribution is -0.116. The van der Waals surface area contributed by atoms with Crippen LogP contribution in [0.15, 0.2) is 55.0 Å². The highest BCUT2D eigenvalue weighted by molar-refractivity contribution is 5.89. The lowest BCUT2D eigenvalue weighted by atomic mass is 10.0. The van der Waals surface area contributed by atoms with Gasteiger partial charge in [0.15, 0.2) is 0 Å². The normalized spacial score (nSPS) is 13.3. The number of carbonyl (C=O) groups is 1. The summed E-state index contributed by atoms with van der Waals surface area (Å²) in [7, 11) is 0. The molecule has 0 saturated carbocycles. The Morgan fingerprint density at radius 1 is 1.00 bits per heavy atom. The fraction of sp³-hybridized carbons (Fsp3) is 0.250. The van der Waals surface area contributed by atoms with Crippen LogP contribution in [0.2, 0.25) is 0 Å². The third-order valence-electron chi connectivity index (χ3n) is 4.56. The second-order valence-electron chi connectivity index (χ2n) is 6.32. The number of imidazole rings is 1. The first-order valence-corrected chi connectivity index (χ1v) is 8.64. The molecule has 1 aromatic carbocycles. The zero-order chi connectivity index (χ0) is 17.1. The summed E-state index contributed by atoms with van der Waals surface area (Å²) in [6, 6.07) is 13.9. The summed E-state index contributed by atoms with van der Waals surface area (Å²) in [6.45, 7) is 0.282. The molecule has 1 N–H and O–H groups in total. The van der Waals surface area contributed by atoms with E-state index in [1.165, 1.54) is 18.5 Å². The van der Waals surface area contributed by atoms with Crippen LogP contribution in [0.4, 0.5) is 5.82 Å². The highest BCUT2D eigenvalue weighted by Crippen LogP contribution is 2.21. The second-order valence-corrected chi connectivity index (χ2v) is 6.32. The number of carbonyl (C=O) groups excluding carboxylic acids is 1. The van der Waals surface area contributed by atoms with Crippen LogP contribution in [0.5, 0.6) is 0 Å². The summed E-state index contributed by atoms with van der Waals surface area (Å²) >= 11 is 0. The van der Waals surface area contributed by atoms with E-state index < -0.39 is 0 Å². The Morgan fingerprint density at radius 3 is 2.64 bits per heavy atom. The zero-order valence-electron chi connectivity index (χ0n) is 14.0. The van der Waals surface area contributed by atoms with Crippen molar-refractivity contribution < 1.29 is 4.79 Å². The average molecular weight is 332 g/mol. The third-order valence-corrected chi connectivity index (χ3v) is 4.56. The summed E-state index contributed by atoms with van der Waals surface area (Å²) in [4.78, 5) is 21.1. The Hall–Kier alpha value is -2.95. The summed E-state index contributed by atoms with van der Waals surface area (Å²) in [6.07, 6.45) is 7.95. The molecular weight excluding hydrogens is 312 g/mol. The molecule has 0 radical (unpaired) electrons. The Kier molecular flexibility index (Phi) is 4.29. The van der Waals surface area contributed by atoms with Gasteiger partial charge in [-0.1, -0.05) is 30.3 Å². The fourth-order valence-electron chi connectivity index (χ4n) is 3.27. The zero-order valence-corrected chi connectivity index (χ0v) is 14.0. The monoisotopic (exact) mass is 332 g/mol. The molecule has 4 rings (SSSR count). The first-order chi connectivity index (χ1) is 12.3. The molecule has 126 valence electrons. The Labute approximate surface area is 146 Å². The number of fused-ring (bicyclic) bond motifs is 1. The molecule has 0 spiro atoms. The van der Waals surface area contributed by atoms with E-state index in [1.807, 2.05) is 47.0 Å². The van der Waals surface area contributed by atoms with Crippen molar-refractivity contribution >= 4 is 11.7 Å². The van der Waals surface area contributed by atoms with Crippen molar-refractivity contribution in [3.63, 3.8) is 0 Å². The number of pyridine rings is 1. The number of nitrogens with one attached hydrogen (secondary N) is 1. The summed E-state index contributed by atoms with van der Waals surface area (Å²) in [5.41, 5.74) is 4.48. The van der Waals surface area contributed by atoms with Gasteiger partial charge in [0.1, 0.15) is 12.4 Å². The molecule has 5 heteroatoms. The van der Waals surface area contributed by atoms with E-state index in [4.69, 9.17) is 0 Å². The Balaban J connectivity index is 1.42. The van der Waals surface area contributed by atoms with E-state index in [1.54, 1.807) is 12.5 Å². The van der Waals surface area contributed by atoms with E-state index in [0.29, 0.717) is 5.82 Å². The van der Waals surface area contributed by atoms with Crippen molar-refractivity contribution in [2.75, 3.05) is 5.32 Å². The van der Waals surface area contributed by atoms with Crippen molar-refractivity contribution in [3.05, 3.63) is 66.4 Å². The lowest BCUT2D eigenvalue weighted by Crippen LogP contribution is -2.21. The molecule has 3 aromatic rings. The van der Waals surface area contributed by atoms with Gasteiger partial charge in [-0.25, -0.2) is 9.97 Å². The van der Waals surface area contributed by atoms with Gasteiger partial charge in [0, 0.05) is 17.5 Å². The topological polar surface area (TPSA) is 59.8 Å². The molecule has 0 bridgehead atoms. The quantitative estimate of drug-likeness (QED) is 0.796. The minimum Gasteiger partial charge on any atom is -0.325 e. The van der Waals surface area contributed by atoms with Crippen LogP contribution in [0.3, 0.4) is 0 Å². The van der Waals surface area contributed by atoms with Crippen molar-refractivity contribution in [1.82, 2.24) is 14.5 Å². The molecule has 0 fully saturated rings. The fourth-order valence-corrected chi connectivity index (χ4v) is 3.27. The van der Waals surface area contributed by atoms with E-state index in [9.17, 15) is 4.79 Å². The van der Waals surface area contributed by atoms with Gasteiger partial charge in [0.25, 0.3) is 0 Å². The maximum atomic E-state index is 12.3. The standard InChI is InChI=1S/C20H20N4O/c25-20(13-24-14-22-17-8-4-5-9-18(17)24)23-19-11-10-16(12-21-19)15-6-2-1-3-7-15/h1-3,6-7,10-12,14H,4-5,8-9,13H2,(H,21,23,25). The predicted octanol–water partition coefficient (Wildman–Crippen LogP) is 3.46. The van der Waals surface area contributed by atoms with Crippen molar-refractivity contribution in [2.45, 2.75) is 32.2 Å². The molecule has 25 heavy (non-hydrogen) atoms. The van der Waals surface area contributed by atoms with Crippen LogP contribution in [-0.2, 0) is 24.2 Å². The van der Waals surface area contributed by atoms with Crippen LogP contribution in [0, 0.1) is 0 Å². The van der Waals surface area contributed by atoms with Gasteiger partial charge < -0.3 is 9.88 Å². The first kappa shape index (κ1) is 15.6. The van der Waals surface area contributed by atoms with Crippen LogP contribution < -0.4 is 5.32 Å².